The molecule has 0 radical (unpaired) electrons. The summed E-state index contributed by atoms with van der Waals surface area (Å²) in [4.78, 5) is 4.29. The predicted molar refractivity (Wildman–Crippen MR) is 76.9 cm³/mol. The summed E-state index contributed by atoms with van der Waals surface area (Å²) < 4.78 is 6.67. The zero-order valence-corrected chi connectivity index (χ0v) is 12.4. The van der Waals surface area contributed by atoms with Gasteiger partial charge in [0, 0.05) is 22.6 Å². The van der Waals surface area contributed by atoms with Gasteiger partial charge in [-0.2, -0.15) is 0 Å². The Hall–Kier alpha value is -1.29. The van der Waals surface area contributed by atoms with Gasteiger partial charge in [0.15, 0.2) is 0 Å². The van der Waals surface area contributed by atoms with Crippen molar-refractivity contribution in [1.82, 2.24) is 4.98 Å². The number of anilines is 1. The molecule has 4 heteroatoms. The third-order valence-electron chi connectivity index (χ3n) is 2.85. The Morgan fingerprint density at radius 2 is 2.06 bits per heavy atom. The molecule has 2 heterocycles. The first-order chi connectivity index (χ1) is 8.47. The Balaban J connectivity index is 2.02. The molecule has 0 fully saturated rings. The number of pyridine rings is 1. The molecule has 0 spiro atoms. The van der Waals surface area contributed by atoms with E-state index in [1.165, 1.54) is 0 Å². The molecule has 0 saturated heterocycles. The second-order valence-corrected chi connectivity index (χ2v) is 5.93. The van der Waals surface area contributed by atoms with Gasteiger partial charge in [-0.1, -0.05) is 13.8 Å². The second-order valence-electron chi connectivity index (χ2n) is 5.01. The van der Waals surface area contributed by atoms with Gasteiger partial charge in [-0.05, 0) is 47.1 Å². The average Bonchev–Trinajstić information content (AvgIpc) is 2.76. The number of furan rings is 1. The molecule has 0 aliphatic carbocycles. The molecule has 0 aromatic carbocycles. The average molecular weight is 309 g/mol. The van der Waals surface area contributed by atoms with E-state index in [2.05, 4.69) is 40.1 Å². The van der Waals surface area contributed by atoms with Crippen molar-refractivity contribution >= 4 is 21.7 Å². The van der Waals surface area contributed by atoms with Gasteiger partial charge in [0.25, 0.3) is 0 Å². The highest BCUT2D eigenvalue weighted by Gasteiger charge is 2.24. The molecule has 0 saturated carbocycles. The van der Waals surface area contributed by atoms with Crippen LogP contribution >= 0.6 is 15.9 Å². The summed E-state index contributed by atoms with van der Waals surface area (Å²) >= 11 is 3.37. The van der Waals surface area contributed by atoms with E-state index in [4.69, 9.17) is 4.42 Å². The first kappa shape index (κ1) is 13.1. The number of aryl methyl sites for hydroxylation is 1. The number of nitrogens with zero attached hydrogens (tertiary/aromatic N) is 1. The maximum atomic E-state index is 5.69. The number of halogens is 1. The summed E-state index contributed by atoms with van der Waals surface area (Å²) in [5.74, 6) is 2.80. The quantitative estimate of drug-likeness (QED) is 0.922. The summed E-state index contributed by atoms with van der Waals surface area (Å²) in [6.45, 7) is 7.03. The lowest BCUT2D eigenvalue weighted by Crippen LogP contribution is -2.27. The highest BCUT2D eigenvalue weighted by Crippen LogP contribution is 2.25. The van der Waals surface area contributed by atoms with E-state index < -0.39 is 0 Å². The highest BCUT2D eigenvalue weighted by atomic mass is 79.9. The van der Waals surface area contributed by atoms with E-state index >= 15 is 0 Å². The van der Waals surface area contributed by atoms with Crippen LogP contribution in [0.5, 0.6) is 0 Å². The van der Waals surface area contributed by atoms with Crippen LogP contribution in [0.1, 0.15) is 25.4 Å². The third-order valence-corrected chi connectivity index (χ3v) is 3.32. The van der Waals surface area contributed by atoms with E-state index in [0.717, 1.165) is 28.4 Å². The van der Waals surface area contributed by atoms with Crippen LogP contribution in [0, 0.1) is 6.92 Å². The van der Waals surface area contributed by atoms with Crippen LogP contribution in [0.4, 0.5) is 5.82 Å². The van der Waals surface area contributed by atoms with E-state index in [0.29, 0.717) is 0 Å². The highest BCUT2D eigenvalue weighted by molar-refractivity contribution is 9.10. The molecule has 3 nitrogen and oxygen atoms in total. The van der Waals surface area contributed by atoms with Crippen LogP contribution in [0.15, 0.2) is 39.4 Å². The van der Waals surface area contributed by atoms with Crippen LogP contribution in [0.2, 0.25) is 0 Å². The molecule has 0 aliphatic rings. The Kier molecular flexibility index (Phi) is 3.76. The minimum absolute atomic E-state index is 0.0665. The fraction of sp³-hybridized carbons (Fsp3) is 0.357. The van der Waals surface area contributed by atoms with Crippen molar-refractivity contribution in [1.29, 1.82) is 0 Å². The van der Waals surface area contributed by atoms with Crippen molar-refractivity contribution in [2.75, 3.05) is 11.9 Å². The Morgan fingerprint density at radius 3 is 2.61 bits per heavy atom. The fourth-order valence-electron chi connectivity index (χ4n) is 1.68. The molecule has 2 aromatic rings. The molecular weight excluding hydrogens is 292 g/mol. The van der Waals surface area contributed by atoms with Crippen molar-refractivity contribution in [3.63, 3.8) is 0 Å². The van der Waals surface area contributed by atoms with Gasteiger partial charge in [0.1, 0.15) is 17.3 Å². The van der Waals surface area contributed by atoms with Crippen molar-refractivity contribution in [3.05, 3.63) is 46.5 Å². The van der Waals surface area contributed by atoms with Gasteiger partial charge >= 0.3 is 0 Å². The van der Waals surface area contributed by atoms with Gasteiger partial charge in [-0.15, -0.1) is 0 Å². The Bertz CT molecular complexity index is 517. The molecule has 0 aliphatic heterocycles. The van der Waals surface area contributed by atoms with E-state index in [9.17, 15) is 0 Å². The minimum atomic E-state index is -0.0665. The van der Waals surface area contributed by atoms with Crippen molar-refractivity contribution < 1.29 is 4.42 Å². The van der Waals surface area contributed by atoms with E-state index in [1.807, 2.05) is 31.2 Å². The van der Waals surface area contributed by atoms with Gasteiger partial charge in [0.2, 0.25) is 0 Å². The Morgan fingerprint density at radius 1 is 1.28 bits per heavy atom. The smallest absolute Gasteiger partial charge is 0.125 e. The summed E-state index contributed by atoms with van der Waals surface area (Å²) in [6.07, 6.45) is 1.78. The molecule has 0 unspecified atom stereocenters. The minimum Gasteiger partial charge on any atom is -0.466 e. The number of aromatic nitrogens is 1. The number of hydrogen-bond acceptors (Lipinski definition) is 3. The van der Waals surface area contributed by atoms with Crippen molar-refractivity contribution in [2.24, 2.45) is 0 Å². The van der Waals surface area contributed by atoms with Crippen LogP contribution < -0.4 is 5.32 Å². The van der Waals surface area contributed by atoms with Crippen molar-refractivity contribution in [2.45, 2.75) is 26.2 Å². The van der Waals surface area contributed by atoms with E-state index in [-0.39, 0.29) is 5.41 Å². The zero-order valence-electron chi connectivity index (χ0n) is 10.8. The molecule has 18 heavy (non-hydrogen) atoms. The topological polar surface area (TPSA) is 38.1 Å². The molecule has 2 aromatic heterocycles. The van der Waals surface area contributed by atoms with Crippen LogP contribution in [-0.4, -0.2) is 11.5 Å². The molecule has 0 amide bonds. The SMILES string of the molecule is Cc1ccc(C(C)(C)CNc2ccc(Br)cn2)o1. The Labute approximate surface area is 116 Å². The molecule has 1 N–H and O–H groups in total. The van der Waals surface area contributed by atoms with Gasteiger partial charge in [-0.25, -0.2) is 4.98 Å². The lowest BCUT2D eigenvalue weighted by atomic mass is 9.90. The lowest BCUT2D eigenvalue weighted by molar-refractivity contribution is 0.385. The predicted octanol–water partition coefficient (Wildman–Crippen LogP) is 4.14. The lowest BCUT2D eigenvalue weighted by Gasteiger charge is -2.22. The molecule has 0 bridgehead atoms. The van der Waals surface area contributed by atoms with Gasteiger partial charge in [0.05, 0.1) is 0 Å². The van der Waals surface area contributed by atoms with Crippen LogP contribution in [0.3, 0.4) is 0 Å². The third kappa shape index (κ3) is 3.13. The molecule has 2 rings (SSSR count). The molecule has 0 atom stereocenters. The number of rotatable bonds is 4. The summed E-state index contributed by atoms with van der Waals surface area (Å²) in [5, 5.41) is 3.33. The largest absolute Gasteiger partial charge is 0.466 e. The van der Waals surface area contributed by atoms with Gasteiger partial charge in [-0.3, -0.25) is 0 Å². The monoisotopic (exact) mass is 308 g/mol. The maximum absolute atomic E-state index is 5.69. The van der Waals surface area contributed by atoms with Crippen LogP contribution in [0.25, 0.3) is 0 Å². The molecular formula is C14H17BrN2O. The van der Waals surface area contributed by atoms with Gasteiger partial charge < -0.3 is 9.73 Å². The second kappa shape index (κ2) is 5.14. The fourth-order valence-corrected chi connectivity index (χ4v) is 1.91. The number of hydrogen-bond donors (Lipinski definition) is 1. The summed E-state index contributed by atoms with van der Waals surface area (Å²) in [7, 11) is 0. The van der Waals surface area contributed by atoms with E-state index in [1.54, 1.807) is 6.20 Å². The normalized spacial score (nSPS) is 11.6. The first-order valence-electron chi connectivity index (χ1n) is 5.90. The molecule has 96 valence electrons. The summed E-state index contributed by atoms with van der Waals surface area (Å²) in [5.41, 5.74) is -0.0665. The van der Waals surface area contributed by atoms with Crippen LogP contribution in [-0.2, 0) is 5.41 Å². The number of nitrogens with one attached hydrogen (secondary N) is 1. The maximum Gasteiger partial charge on any atom is 0.125 e. The standard InChI is InChI=1S/C14H17BrN2O/c1-10-4-6-12(18-10)14(2,3)9-17-13-7-5-11(15)8-16-13/h4-8H,9H2,1-3H3,(H,16,17). The first-order valence-corrected chi connectivity index (χ1v) is 6.69. The summed E-state index contributed by atoms with van der Waals surface area (Å²) in [6, 6.07) is 7.95. The van der Waals surface area contributed by atoms with Crippen molar-refractivity contribution in [3.8, 4) is 0 Å². The zero-order chi connectivity index (χ0) is 13.2.